The first-order valence-electron chi connectivity index (χ1n) is 8.30. The minimum Gasteiger partial charge on any atom is -0.464 e. The molecule has 1 aromatic carbocycles. The zero-order chi connectivity index (χ0) is 18.4. The zero-order valence-electron chi connectivity index (χ0n) is 14.6. The normalized spacial score (nSPS) is 16.7. The molecule has 0 saturated heterocycles. The molecule has 0 heterocycles. The summed E-state index contributed by atoms with van der Waals surface area (Å²) in [5.41, 5.74) is 7.92. The van der Waals surface area contributed by atoms with E-state index in [4.69, 9.17) is 22.1 Å². The molecule has 2 rings (SSSR count). The van der Waals surface area contributed by atoms with Gasteiger partial charge in [-0.05, 0) is 30.7 Å². The summed E-state index contributed by atoms with van der Waals surface area (Å²) in [4.78, 5) is 16.6. The van der Waals surface area contributed by atoms with Crippen molar-refractivity contribution in [2.45, 2.75) is 32.2 Å². The fourth-order valence-corrected chi connectivity index (χ4v) is 2.59. The second kappa shape index (κ2) is 8.72. The third-order valence-electron chi connectivity index (χ3n) is 4.06. The lowest BCUT2D eigenvalue weighted by Crippen LogP contribution is -2.27. The van der Waals surface area contributed by atoms with Crippen molar-refractivity contribution >= 4 is 23.4 Å². The summed E-state index contributed by atoms with van der Waals surface area (Å²) in [6, 6.07) is 9.66. The molecule has 1 fully saturated rings. The highest BCUT2D eigenvalue weighted by molar-refractivity contribution is 6.44. The lowest BCUT2D eigenvalue weighted by atomic mass is 10.1. The van der Waals surface area contributed by atoms with Crippen LogP contribution in [-0.2, 0) is 9.53 Å². The average molecular weight is 362 g/mol. The van der Waals surface area contributed by atoms with Crippen molar-refractivity contribution in [3.8, 4) is 0 Å². The zero-order valence-corrected chi connectivity index (χ0v) is 15.3. The number of aliphatic imine (C=N–C) groups is 1. The van der Waals surface area contributed by atoms with E-state index in [9.17, 15) is 4.79 Å². The van der Waals surface area contributed by atoms with Gasteiger partial charge >= 0.3 is 5.97 Å². The van der Waals surface area contributed by atoms with Crippen LogP contribution in [0.25, 0.3) is 0 Å². The van der Waals surface area contributed by atoms with Crippen LogP contribution in [0.4, 0.5) is 0 Å². The molecule has 134 valence electrons. The second-order valence-corrected chi connectivity index (χ2v) is 6.33. The topological polar surface area (TPSA) is 76.7 Å². The van der Waals surface area contributed by atoms with Crippen LogP contribution in [-0.4, -0.2) is 18.9 Å². The summed E-state index contributed by atoms with van der Waals surface area (Å²) in [7, 11) is 1.29. The van der Waals surface area contributed by atoms with Gasteiger partial charge in [-0.3, -0.25) is 4.99 Å². The Hall–Kier alpha value is -2.27. The van der Waals surface area contributed by atoms with Gasteiger partial charge in [0, 0.05) is 5.70 Å². The van der Waals surface area contributed by atoms with Crippen LogP contribution in [0.15, 0.2) is 58.3 Å². The third kappa shape index (κ3) is 5.10. The van der Waals surface area contributed by atoms with Gasteiger partial charge in [0.2, 0.25) is 0 Å². The summed E-state index contributed by atoms with van der Waals surface area (Å²) in [5, 5.41) is 3.00. The number of esters is 1. The number of amidine groups is 1. The molecule has 0 amide bonds. The maximum atomic E-state index is 12.1. The first-order valence-corrected chi connectivity index (χ1v) is 8.68. The van der Waals surface area contributed by atoms with Gasteiger partial charge in [-0.1, -0.05) is 55.4 Å². The van der Waals surface area contributed by atoms with Crippen molar-refractivity contribution in [1.82, 2.24) is 5.32 Å². The van der Waals surface area contributed by atoms with E-state index < -0.39 is 5.97 Å². The fourth-order valence-electron chi connectivity index (χ4n) is 2.42. The first-order chi connectivity index (χ1) is 12.0. The smallest absolute Gasteiger partial charge is 0.356 e. The number of benzene rings is 1. The van der Waals surface area contributed by atoms with E-state index in [1.54, 1.807) is 0 Å². The Balaban J connectivity index is 2.29. The largest absolute Gasteiger partial charge is 0.464 e. The standard InChI is InChI=1S/C19H24ClN3O2/c1-4-15(14-8-6-5-7-9-14)23-18(21)16(20)17(19(24)25-3)22-12(2)13-10-11-13/h5-9,13,15,22H,2,4,10-11H2,1,3H3,(H2,21,23). The lowest BCUT2D eigenvalue weighted by Gasteiger charge is -2.15. The summed E-state index contributed by atoms with van der Waals surface area (Å²) in [5.74, 6) is -0.151. The highest BCUT2D eigenvalue weighted by Crippen LogP contribution is 2.34. The average Bonchev–Trinajstić information content (AvgIpc) is 3.48. The van der Waals surface area contributed by atoms with E-state index in [1.807, 2.05) is 37.3 Å². The van der Waals surface area contributed by atoms with Gasteiger partial charge in [0.15, 0.2) is 0 Å². The minimum absolute atomic E-state index is 0.0445. The summed E-state index contributed by atoms with van der Waals surface area (Å²) < 4.78 is 4.81. The molecule has 25 heavy (non-hydrogen) atoms. The van der Waals surface area contributed by atoms with Crippen LogP contribution in [0, 0.1) is 5.92 Å². The van der Waals surface area contributed by atoms with Crippen molar-refractivity contribution in [3.05, 3.63) is 58.9 Å². The van der Waals surface area contributed by atoms with Crippen LogP contribution < -0.4 is 11.1 Å². The molecule has 1 atom stereocenters. The molecule has 1 saturated carbocycles. The van der Waals surface area contributed by atoms with Gasteiger partial charge < -0.3 is 15.8 Å². The molecule has 0 radical (unpaired) electrons. The molecule has 1 aromatic rings. The quantitative estimate of drug-likeness (QED) is 0.321. The van der Waals surface area contributed by atoms with E-state index in [0.29, 0.717) is 5.92 Å². The number of hydrogen-bond acceptors (Lipinski definition) is 4. The van der Waals surface area contributed by atoms with E-state index in [1.165, 1.54) is 7.11 Å². The van der Waals surface area contributed by atoms with E-state index in [-0.39, 0.29) is 22.6 Å². The Kier molecular flexibility index (Phi) is 6.65. The number of carbonyl (C=O) groups excluding carboxylic acids is 1. The molecule has 1 aliphatic carbocycles. The van der Waals surface area contributed by atoms with E-state index >= 15 is 0 Å². The van der Waals surface area contributed by atoms with Gasteiger partial charge in [0.1, 0.15) is 16.6 Å². The molecule has 1 aliphatic rings. The number of methoxy groups -OCH3 is 1. The molecule has 0 bridgehead atoms. The molecule has 6 heteroatoms. The summed E-state index contributed by atoms with van der Waals surface area (Å²) in [6.45, 7) is 5.96. The Bertz CT molecular complexity index is 694. The van der Waals surface area contributed by atoms with Gasteiger partial charge in [-0.25, -0.2) is 4.79 Å². The number of halogens is 1. The Morgan fingerprint density at radius 3 is 2.60 bits per heavy atom. The Morgan fingerprint density at radius 2 is 2.08 bits per heavy atom. The van der Waals surface area contributed by atoms with Crippen molar-refractivity contribution in [2.75, 3.05) is 7.11 Å². The highest BCUT2D eigenvalue weighted by atomic mass is 35.5. The molecule has 0 aliphatic heterocycles. The lowest BCUT2D eigenvalue weighted by molar-refractivity contribution is -0.136. The number of ether oxygens (including phenoxy) is 1. The third-order valence-corrected chi connectivity index (χ3v) is 4.44. The molecule has 0 spiro atoms. The summed E-state index contributed by atoms with van der Waals surface area (Å²) in [6.07, 6.45) is 2.85. The SMILES string of the molecule is C=C(NC(C(=O)OC)=C(Cl)C(N)=NC(CC)c1ccccc1)C1CC1. The highest BCUT2D eigenvalue weighted by Gasteiger charge is 2.28. The molecular weight excluding hydrogens is 338 g/mol. The van der Waals surface area contributed by atoms with Crippen LogP contribution in [0.2, 0.25) is 0 Å². The predicted molar refractivity (Wildman–Crippen MR) is 101 cm³/mol. The Morgan fingerprint density at radius 1 is 1.44 bits per heavy atom. The molecular formula is C19H24ClN3O2. The molecule has 3 N–H and O–H groups in total. The second-order valence-electron chi connectivity index (χ2n) is 5.95. The van der Waals surface area contributed by atoms with Gasteiger partial charge in [0.25, 0.3) is 0 Å². The first kappa shape index (κ1) is 19.1. The van der Waals surface area contributed by atoms with Crippen molar-refractivity contribution in [2.24, 2.45) is 16.6 Å². The van der Waals surface area contributed by atoms with Gasteiger partial charge in [0.05, 0.1) is 13.2 Å². The van der Waals surface area contributed by atoms with Gasteiger partial charge in [-0.15, -0.1) is 0 Å². The van der Waals surface area contributed by atoms with Crippen LogP contribution in [0.5, 0.6) is 0 Å². The number of carbonyl (C=O) groups is 1. The van der Waals surface area contributed by atoms with Gasteiger partial charge in [-0.2, -0.15) is 0 Å². The number of nitrogens with two attached hydrogens (primary N) is 1. The number of allylic oxidation sites excluding steroid dienone is 1. The number of nitrogens with one attached hydrogen (secondary N) is 1. The van der Waals surface area contributed by atoms with Crippen LogP contribution in [0.1, 0.15) is 37.8 Å². The monoisotopic (exact) mass is 361 g/mol. The maximum absolute atomic E-state index is 12.1. The molecule has 0 aromatic heterocycles. The number of nitrogens with zero attached hydrogens (tertiary/aromatic N) is 1. The maximum Gasteiger partial charge on any atom is 0.356 e. The van der Waals surface area contributed by atoms with Crippen molar-refractivity contribution < 1.29 is 9.53 Å². The minimum atomic E-state index is -0.599. The number of hydrogen-bond donors (Lipinski definition) is 2. The van der Waals surface area contributed by atoms with Crippen molar-refractivity contribution in [3.63, 3.8) is 0 Å². The van der Waals surface area contributed by atoms with E-state index in [2.05, 4.69) is 16.9 Å². The van der Waals surface area contributed by atoms with Crippen LogP contribution in [0.3, 0.4) is 0 Å². The number of rotatable bonds is 8. The Labute approximate surface area is 153 Å². The molecule has 1 unspecified atom stereocenters. The van der Waals surface area contributed by atoms with E-state index in [0.717, 1.165) is 30.5 Å². The predicted octanol–water partition coefficient (Wildman–Crippen LogP) is 3.63. The fraction of sp³-hybridized carbons (Fsp3) is 0.368. The van der Waals surface area contributed by atoms with Crippen LogP contribution >= 0.6 is 11.6 Å². The summed E-state index contributed by atoms with van der Waals surface area (Å²) >= 11 is 6.35. The molecule has 5 nitrogen and oxygen atoms in total. The van der Waals surface area contributed by atoms with Crippen molar-refractivity contribution in [1.29, 1.82) is 0 Å².